The first kappa shape index (κ1) is 69.8. The lowest BCUT2D eigenvalue weighted by Crippen LogP contribution is -2.54. The van der Waals surface area contributed by atoms with E-state index in [0.717, 1.165) is 64.4 Å². The van der Waals surface area contributed by atoms with Gasteiger partial charge in [0.2, 0.25) is 5.41 Å². The fraction of sp³-hybridized carbons (Fsp3) is 0.304. The van der Waals surface area contributed by atoms with Crippen LogP contribution >= 0.6 is 0 Å². The third-order valence-electron chi connectivity index (χ3n) is 17.1. The summed E-state index contributed by atoms with van der Waals surface area (Å²) in [4.78, 5) is 12.4. The van der Waals surface area contributed by atoms with Gasteiger partial charge in [-0.2, -0.15) is 26.3 Å². The maximum absolute atomic E-state index is 14.0. The van der Waals surface area contributed by atoms with E-state index < -0.39 is 28.9 Å². The zero-order valence-electron chi connectivity index (χ0n) is 54.8. The minimum atomic E-state index is -5.55. The highest BCUT2D eigenvalue weighted by atomic mass is 19.4. The Labute approximate surface area is 515 Å². The fourth-order valence-corrected chi connectivity index (χ4v) is 9.72. The maximum atomic E-state index is 14.0. The highest BCUT2D eigenvalue weighted by molar-refractivity contribution is 6.09. The molecule has 458 valence electrons. The van der Waals surface area contributed by atoms with Gasteiger partial charge in [-0.15, -0.1) is 0 Å². The van der Waals surface area contributed by atoms with Crippen LogP contribution in [0.2, 0.25) is 0 Å². The first-order chi connectivity index (χ1) is 40.5. The van der Waals surface area contributed by atoms with E-state index in [1.807, 2.05) is 62.4 Å². The average molecular weight is 1180 g/mol. The SMILES string of the molecule is Cc1cc(C)c(C)cc1C.Cc1ccc(C(=O)c2ccc(C)c(C)c2)cc1C.Cc1ccc(C(c2ccc(C)c(C)c2)(C(F)(F)F)C(F)(F)F)cc1C.Cc1ccc(Cc2ccc(C)c(C)c2)cc1C.Cc1ccc(Oc2ccc(C)c(C)c2)cc1C. The number of hydrogen-bond donors (Lipinski definition) is 0. The van der Waals surface area contributed by atoms with Crippen molar-refractivity contribution in [2.75, 3.05) is 0 Å². The fourth-order valence-electron chi connectivity index (χ4n) is 9.72. The molecule has 0 saturated carbocycles. The Morgan fingerprint density at radius 1 is 0.276 bits per heavy atom. The number of hydrogen-bond acceptors (Lipinski definition) is 2. The topological polar surface area (TPSA) is 26.3 Å². The lowest BCUT2D eigenvalue weighted by molar-refractivity contribution is -0.288. The van der Waals surface area contributed by atoms with E-state index in [1.54, 1.807) is 13.8 Å². The lowest BCUT2D eigenvalue weighted by atomic mass is 9.71. The molecule has 0 heterocycles. The van der Waals surface area contributed by atoms with Gasteiger partial charge in [-0.05, 0) is 315 Å². The summed E-state index contributed by atoms with van der Waals surface area (Å²) in [5, 5.41) is 0. The molecule has 0 bridgehead atoms. The summed E-state index contributed by atoms with van der Waals surface area (Å²) in [6, 6.07) is 48.4. The number of rotatable bonds is 8. The van der Waals surface area contributed by atoms with Crippen molar-refractivity contribution in [3.05, 3.63) is 302 Å². The number of aryl methyl sites for hydroxylation is 20. The third-order valence-corrected chi connectivity index (χ3v) is 17.1. The number of alkyl halides is 6. The molecule has 0 amide bonds. The highest BCUT2D eigenvalue weighted by Gasteiger charge is 2.72. The van der Waals surface area contributed by atoms with E-state index in [-0.39, 0.29) is 5.78 Å². The zero-order valence-corrected chi connectivity index (χ0v) is 54.8. The van der Waals surface area contributed by atoms with Crippen LogP contribution in [-0.4, -0.2) is 18.1 Å². The lowest BCUT2D eigenvalue weighted by Gasteiger charge is -2.38. The molecule has 0 aliphatic rings. The predicted octanol–water partition coefficient (Wildman–Crippen LogP) is 22.6. The van der Waals surface area contributed by atoms with Crippen molar-refractivity contribution in [3.63, 3.8) is 0 Å². The smallest absolute Gasteiger partial charge is 0.411 e. The molecule has 9 aromatic rings. The molecule has 0 unspecified atom stereocenters. The second-order valence-corrected chi connectivity index (χ2v) is 23.9. The van der Waals surface area contributed by atoms with Gasteiger partial charge >= 0.3 is 12.4 Å². The van der Waals surface area contributed by atoms with Crippen molar-refractivity contribution in [1.82, 2.24) is 0 Å². The number of carbonyl (C=O) groups excluding carboxylic acids is 1. The molecular formula is C79H88F6O2. The van der Waals surface area contributed by atoms with Gasteiger partial charge in [0, 0.05) is 11.1 Å². The molecule has 0 N–H and O–H groups in total. The van der Waals surface area contributed by atoms with Gasteiger partial charge < -0.3 is 4.74 Å². The van der Waals surface area contributed by atoms with Gasteiger partial charge in [0.1, 0.15) is 11.5 Å². The summed E-state index contributed by atoms with van der Waals surface area (Å²) < 4.78 is 89.8. The number of carbonyl (C=O) groups is 1. The second kappa shape index (κ2) is 29.6. The molecular weight excluding hydrogens is 1090 g/mol. The van der Waals surface area contributed by atoms with E-state index in [4.69, 9.17) is 4.74 Å². The molecule has 0 radical (unpaired) electrons. The van der Waals surface area contributed by atoms with Crippen molar-refractivity contribution in [2.24, 2.45) is 0 Å². The molecule has 9 aromatic carbocycles. The third kappa shape index (κ3) is 18.1. The van der Waals surface area contributed by atoms with Gasteiger partial charge in [-0.25, -0.2) is 0 Å². The molecule has 0 aliphatic heterocycles. The monoisotopic (exact) mass is 1180 g/mol. The standard InChI is InChI=1S/C19H18F6.C17H18O.C17H20.C16H18O.C10H14/c1-11-5-7-15(9-13(11)3)17(18(20,21)22,19(23,24)25)16-8-6-12(2)14(4)10-16;1-11-5-7-15(9-13(11)3)17(18)16-8-6-12(2)14(4)10-16;1-12-5-7-16(9-14(12)3)11-17-8-6-13(2)15(4)10-17;1-11-5-7-15(9-13(11)3)17-16-8-6-12(2)14(4)10-16;1-7-5-9(3)10(4)6-8(7)2/h5-10H,1-4H3;5-10H,1-4H3;5-10H,11H2,1-4H3;5-10H,1-4H3;5-6H,1-4H3. The van der Waals surface area contributed by atoms with Crippen LogP contribution in [0.3, 0.4) is 0 Å². The van der Waals surface area contributed by atoms with E-state index >= 15 is 0 Å². The van der Waals surface area contributed by atoms with Crippen LogP contribution in [-0.2, 0) is 11.8 Å². The zero-order chi connectivity index (χ0) is 65.0. The molecule has 8 heteroatoms. The van der Waals surface area contributed by atoms with Crippen LogP contribution in [0, 0.1) is 138 Å². The maximum Gasteiger partial charge on any atom is 0.411 e. The quantitative estimate of drug-likeness (QED) is 0.112. The van der Waals surface area contributed by atoms with Gasteiger partial charge in [0.15, 0.2) is 5.78 Å². The molecule has 0 saturated heterocycles. The number of ketones is 1. The van der Waals surface area contributed by atoms with Crippen LogP contribution in [0.5, 0.6) is 11.5 Å². The first-order valence-corrected chi connectivity index (χ1v) is 29.5. The largest absolute Gasteiger partial charge is 0.457 e. The van der Waals surface area contributed by atoms with Gasteiger partial charge in [-0.3, -0.25) is 4.79 Å². The molecule has 0 atom stereocenters. The normalized spacial score (nSPS) is 11.2. The van der Waals surface area contributed by atoms with Crippen LogP contribution in [0.15, 0.2) is 158 Å². The minimum Gasteiger partial charge on any atom is -0.457 e. The Kier molecular flexibility index (Phi) is 23.8. The van der Waals surface area contributed by atoms with Crippen molar-refractivity contribution < 1.29 is 35.9 Å². The highest BCUT2D eigenvalue weighted by Crippen LogP contribution is 2.56. The van der Waals surface area contributed by atoms with Gasteiger partial charge in [-0.1, -0.05) is 121 Å². The summed E-state index contributed by atoms with van der Waals surface area (Å²) in [5.41, 5.74) is 21.5. The van der Waals surface area contributed by atoms with Gasteiger partial charge in [0.05, 0.1) is 0 Å². The predicted molar refractivity (Wildman–Crippen MR) is 352 cm³/mol. The molecule has 0 aromatic heterocycles. The summed E-state index contributed by atoms with van der Waals surface area (Å²) in [5.74, 6) is 1.90. The van der Waals surface area contributed by atoms with E-state index in [2.05, 4.69) is 170 Å². The van der Waals surface area contributed by atoms with Crippen LogP contribution < -0.4 is 4.74 Å². The Morgan fingerprint density at radius 2 is 0.517 bits per heavy atom. The van der Waals surface area contributed by atoms with E-state index in [9.17, 15) is 31.1 Å². The Bertz CT molecular complexity index is 3500. The molecule has 0 fully saturated rings. The second-order valence-electron chi connectivity index (χ2n) is 23.9. The number of ether oxygens (including phenoxy) is 1. The Hall–Kier alpha value is -7.97. The summed E-state index contributed by atoms with van der Waals surface area (Å²) >= 11 is 0. The van der Waals surface area contributed by atoms with E-state index in [1.165, 1.54) is 115 Å². The minimum absolute atomic E-state index is 0.0983. The number of benzene rings is 9. The summed E-state index contributed by atoms with van der Waals surface area (Å²) in [7, 11) is 0. The molecule has 87 heavy (non-hydrogen) atoms. The van der Waals surface area contributed by atoms with E-state index in [0.29, 0.717) is 22.3 Å². The first-order valence-electron chi connectivity index (χ1n) is 29.5. The van der Waals surface area contributed by atoms with Crippen LogP contribution in [0.4, 0.5) is 26.3 Å². The Morgan fingerprint density at radius 3 is 0.782 bits per heavy atom. The van der Waals surface area contributed by atoms with Gasteiger partial charge in [0.25, 0.3) is 0 Å². The van der Waals surface area contributed by atoms with Crippen LogP contribution in [0.25, 0.3) is 0 Å². The van der Waals surface area contributed by atoms with Crippen molar-refractivity contribution in [3.8, 4) is 11.5 Å². The average Bonchev–Trinajstić information content (AvgIpc) is 0.752. The number of halogens is 6. The van der Waals surface area contributed by atoms with Crippen molar-refractivity contribution >= 4 is 5.78 Å². The molecule has 2 nitrogen and oxygen atoms in total. The Balaban J connectivity index is 0.000000203. The van der Waals surface area contributed by atoms with Crippen LogP contribution in [0.1, 0.15) is 149 Å². The summed E-state index contributed by atoms with van der Waals surface area (Å²) in [6.07, 6.45) is -10.1. The molecule has 0 spiro atoms. The van der Waals surface area contributed by atoms with Crippen molar-refractivity contribution in [1.29, 1.82) is 0 Å². The summed E-state index contributed by atoms with van der Waals surface area (Å²) in [6.45, 7) is 40.2. The molecule has 0 aliphatic carbocycles. The molecule has 9 rings (SSSR count). The van der Waals surface area contributed by atoms with Crippen molar-refractivity contribution in [2.45, 2.75) is 163 Å².